The highest BCUT2D eigenvalue weighted by atomic mass is 79.9. The van der Waals surface area contributed by atoms with E-state index in [0.717, 1.165) is 40.0 Å². The molecule has 39 heavy (non-hydrogen) atoms. The van der Waals surface area contributed by atoms with Crippen LogP contribution in [-0.2, 0) is 24.1 Å². The number of hydrogen-bond donors (Lipinski definition) is 1. The number of aromatic hydroxyl groups is 1. The lowest BCUT2D eigenvalue weighted by atomic mass is 10.0. The Morgan fingerprint density at radius 2 is 1.79 bits per heavy atom. The van der Waals surface area contributed by atoms with Crippen molar-refractivity contribution in [1.29, 1.82) is 0 Å². The SMILES string of the molecule is CCCCCCCCCN(C)Cc1c(O)c(Br)cc2c1c(C(=O)OCC)c(CSc1cccc(C)c1)n2C.Cl. The van der Waals surface area contributed by atoms with Crippen LogP contribution in [0.2, 0.25) is 0 Å². The molecule has 0 atom stereocenters. The molecule has 8 heteroatoms. The van der Waals surface area contributed by atoms with E-state index in [0.29, 0.717) is 28.9 Å². The second-order valence-electron chi connectivity index (χ2n) is 10.1. The maximum atomic E-state index is 13.4. The van der Waals surface area contributed by atoms with E-state index in [1.807, 2.05) is 20.0 Å². The molecule has 0 radical (unpaired) electrons. The fourth-order valence-electron chi connectivity index (χ4n) is 4.97. The number of aromatic nitrogens is 1. The van der Waals surface area contributed by atoms with Gasteiger partial charge in [0.15, 0.2) is 0 Å². The van der Waals surface area contributed by atoms with Crippen LogP contribution in [0.5, 0.6) is 5.75 Å². The first kappa shape index (κ1) is 33.5. The van der Waals surface area contributed by atoms with Crippen LogP contribution >= 0.6 is 40.1 Å². The number of carbonyl (C=O) groups is 1. The van der Waals surface area contributed by atoms with Gasteiger partial charge in [-0.1, -0.05) is 63.1 Å². The molecule has 0 aliphatic rings. The van der Waals surface area contributed by atoms with Crippen LogP contribution in [0.3, 0.4) is 0 Å². The lowest BCUT2D eigenvalue weighted by molar-refractivity contribution is 0.0527. The molecule has 0 fully saturated rings. The third kappa shape index (κ3) is 8.91. The third-order valence-electron chi connectivity index (χ3n) is 7.05. The number of fused-ring (bicyclic) bond motifs is 1. The van der Waals surface area contributed by atoms with Gasteiger partial charge in [-0.2, -0.15) is 0 Å². The molecule has 0 aliphatic heterocycles. The molecule has 1 aromatic heterocycles. The number of nitrogens with zero attached hydrogens (tertiary/aromatic N) is 2. The van der Waals surface area contributed by atoms with E-state index >= 15 is 0 Å². The molecule has 0 aliphatic carbocycles. The van der Waals surface area contributed by atoms with E-state index in [4.69, 9.17) is 4.74 Å². The van der Waals surface area contributed by atoms with Gasteiger partial charge in [0.1, 0.15) is 5.75 Å². The van der Waals surface area contributed by atoms with E-state index in [1.165, 1.54) is 44.1 Å². The highest BCUT2D eigenvalue weighted by Crippen LogP contribution is 2.41. The minimum absolute atomic E-state index is 0. The summed E-state index contributed by atoms with van der Waals surface area (Å²) in [5.41, 5.74) is 4.35. The number of unbranched alkanes of at least 4 members (excludes halogenated alkanes) is 6. The smallest absolute Gasteiger partial charge is 0.340 e. The molecule has 216 valence electrons. The first-order chi connectivity index (χ1) is 18.3. The molecule has 1 N–H and O–H groups in total. The number of carbonyl (C=O) groups excluding carboxylic acids is 1. The van der Waals surface area contributed by atoms with Gasteiger partial charge in [0, 0.05) is 40.9 Å². The predicted octanol–water partition coefficient (Wildman–Crippen LogP) is 9.03. The van der Waals surface area contributed by atoms with Crippen LogP contribution in [0.15, 0.2) is 39.7 Å². The number of phenols is 1. The first-order valence-corrected chi connectivity index (χ1v) is 15.6. The molecular weight excluding hydrogens is 596 g/mol. The molecule has 0 bridgehead atoms. The first-order valence-electron chi connectivity index (χ1n) is 13.8. The largest absolute Gasteiger partial charge is 0.506 e. The number of rotatable bonds is 15. The summed E-state index contributed by atoms with van der Waals surface area (Å²) in [6, 6.07) is 10.3. The lowest BCUT2D eigenvalue weighted by Crippen LogP contribution is -2.20. The minimum atomic E-state index is -0.337. The Balaban J connectivity index is 0.00000533. The highest BCUT2D eigenvalue weighted by molar-refractivity contribution is 9.10. The van der Waals surface area contributed by atoms with Crippen LogP contribution in [0.1, 0.15) is 86.0 Å². The topological polar surface area (TPSA) is 54.7 Å². The highest BCUT2D eigenvalue weighted by Gasteiger charge is 2.27. The molecule has 0 unspecified atom stereocenters. The quantitative estimate of drug-likeness (QED) is 0.102. The number of aryl methyl sites for hydroxylation is 2. The molecule has 1 heterocycles. The molecular formula is C31H44BrClN2O3S. The Morgan fingerprint density at radius 1 is 1.10 bits per heavy atom. The van der Waals surface area contributed by atoms with E-state index < -0.39 is 0 Å². The Kier molecular flexibility index (Phi) is 14.2. The summed E-state index contributed by atoms with van der Waals surface area (Å²) < 4.78 is 8.26. The number of thioether (sulfide) groups is 1. The second-order valence-corrected chi connectivity index (χ2v) is 12.0. The molecule has 0 spiro atoms. The number of halogens is 2. The van der Waals surface area contributed by atoms with Crippen molar-refractivity contribution in [3.05, 3.63) is 57.2 Å². The van der Waals surface area contributed by atoms with Crippen molar-refractivity contribution in [2.45, 2.75) is 82.9 Å². The van der Waals surface area contributed by atoms with Gasteiger partial charge in [-0.3, -0.25) is 0 Å². The fraction of sp³-hybridized carbons (Fsp3) is 0.516. The molecule has 0 amide bonds. The van der Waals surface area contributed by atoms with Crippen molar-refractivity contribution in [2.24, 2.45) is 7.05 Å². The summed E-state index contributed by atoms with van der Waals surface area (Å²) in [5.74, 6) is 0.475. The standard InChI is InChI=1S/C31H43BrN2O3S.ClH/c1-6-8-9-10-11-12-13-17-33(4)20-24-28-26(19-25(32)30(24)35)34(5)27(29(28)31(36)37-7-2)21-38-23-16-14-15-22(3)18-23;/h14-16,18-19,35H,6-13,17,20-21H2,1-5H3;1H. The van der Waals surface area contributed by atoms with Gasteiger partial charge in [-0.25, -0.2) is 4.79 Å². The van der Waals surface area contributed by atoms with Crippen molar-refractivity contribution in [3.8, 4) is 5.75 Å². The number of ether oxygens (including phenoxy) is 1. The van der Waals surface area contributed by atoms with Crippen LogP contribution in [0, 0.1) is 6.92 Å². The van der Waals surface area contributed by atoms with Crippen LogP contribution in [-0.4, -0.2) is 40.7 Å². The van der Waals surface area contributed by atoms with Gasteiger partial charge >= 0.3 is 5.97 Å². The van der Waals surface area contributed by atoms with Crippen LogP contribution < -0.4 is 0 Å². The van der Waals surface area contributed by atoms with E-state index in [-0.39, 0.29) is 24.1 Å². The summed E-state index contributed by atoms with van der Waals surface area (Å²) >= 11 is 5.27. The number of phenolic OH excluding ortho intramolecular Hbond substituents is 1. The molecule has 3 aromatic rings. The summed E-state index contributed by atoms with van der Waals surface area (Å²) in [6.07, 6.45) is 8.84. The van der Waals surface area contributed by atoms with Gasteiger partial charge in [-0.15, -0.1) is 24.2 Å². The van der Waals surface area contributed by atoms with Gasteiger partial charge in [0.05, 0.1) is 22.2 Å². The summed E-state index contributed by atoms with van der Waals surface area (Å²) in [4.78, 5) is 16.8. The van der Waals surface area contributed by atoms with Crippen molar-refractivity contribution in [2.75, 3.05) is 20.2 Å². The van der Waals surface area contributed by atoms with Gasteiger partial charge in [-0.05, 0) is 68.0 Å². The maximum absolute atomic E-state index is 13.4. The van der Waals surface area contributed by atoms with Crippen molar-refractivity contribution in [1.82, 2.24) is 9.47 Å². The van der Waals surface area contributed by atoms with Crippen LogP contribution in [0.25, 0.3) is 10.9 Å². The normalized spacial score (nSPS) is 11.3. The predicted molar refractivity (Wildman–Crippen MR) is 171 cm³/mol. The zero-order chi connectivity index (χ0) is 27.7. The molecule has 5 nitrogen and oxygen atoms in total. The van der Waals surface area contributed by atoms with Crippen molar-refractivity contribution in [3.63, 3.8) is 0 Å². The average Bonchev–Trinajstić information content (AvgIpc) is 3.16. The van der Waals surface area contributed by atoms with Gasteiger partial charge < -0.3 is 19.3 Å². The average molecular weight is 640 g/mol. The second kappa shape index (κ2) is 16.6. The third-order valence-corrected chi connectivity index (χ3v) is 8.66. The Morgan fingerprint density at radius 3 is 2.46 bits per heavy atom. The van der Waals surface area contributed by atoms with E-state index in [1.54, 1.807) is 11.8 Å². The Labute approximate surface area is 253 Å². The van der Waals surface area contributed by atoms with Crippen molar-refractivity contribution >= 4 is 57.0 Å². The number of benzene rings is 2. The monoisotopic (exact) mass is 638 g/mol. The van der Waals surface area contributed by atoms with E-state index in [2.05, 4.69) is 70.6 Å². The molecule has 0 saturated heterocycles. The zero-order valence-electron chi connectivity index (χ0n) is 24.0. The molecule has 3 rings (SSSR count). The maximum Gasteiger partial charge on any atom is 0.340 e. The number of esters is 1. The summed E-state index contributed by atoms with van der Waals surface area (Å²) in [5, 5.41) is 12.0. The summed E-state index contributed by atoms with van der Waals surface area (Å²) in [6.45, 7) is 7.96. The Hall–Kier alpha value is -1.67. The van der Waals surface area contributed by atoms with E-state index in [9.17, 15) is 9.90 Å². The van der Waals surface area contributed by atoms with Gasteiger partial charge in [0.25, 0.3) is 0 Å². The number of hydrogen-bond acceptors (Lipinski definition) is 5. The van der Waals surface area contributed by atoms with Gasteiger partial charge in [0.2, 0.25) is 0 Å². The summed E-state index contributed by atoms with van der Waals surface area (Å²) in [7, 11) is 4.08. The van der Waals surface area contributed by atoms with Crippen LogP contribution in [0.4, 0.5) is 0 Å². The fourth-order valence-corrected chi connectivity index (χ4v) is 6.51. The zero-order valence-corrected chi connectivity index (χ0v) is 27.2. The lowest BCUT2D eigenvalue weighted by Gasteiger charge is -2.19. The molecule has 2 aromatic carbocycles. The molecule has 0 saturated carbocycles. The van der Waals surface area contributed by atoms with Crippen molar-refractivity contribution < 1.29 is 14.6 Å². The minimum Gasteiger partial charge on any atom is -0.506 e. The Bertz CT molecular complexity index is 1230.